The lowest BCUT2D eigenvalue weighted by Crippen LogP contribution is -2.33. The van der Waals surface area contributed by atoms with Gasteiger partial charge in [-0.3, -0.25) is 15.1 Å². The van der Waals surface area contributed by atoms with Crippen molar-refractivity contribution in [3.8, 4) is 0 Å². The van der Waals surface area contributed by atoms with E-state index in [4.69, 9.17) is 4.74 Å². The molecular weight excluding hydrogens is 544 g/mol. The second-order valence-corrected chi connectivity index (χ2v) is 12.0. The lowest BCUT2D eigenvalue weighted by Gasteiger charge is -2.21. The average Bonchev–Trinajstić information content (AvgIpc) is 3.40. The van der Waals surface area contributed by atoms with Crippen molar-refractivity contribution in [2.75, 3.05) is 36.6 Å². The van der Waals surface area contributed by atoms with Gasteiger partial charge in [0.15, 0.2) is 0 Å². The molecule has 10 heteroatoms. The van der Waals surface area contributed by atoms with Crippen LogP contribution in [0.5, 0.6) is 0 Å². The van der Waals surface area contributed by atoms with Gasteiger partial charge in [-0.15, -0.1) is 0 Å². The van der Waals surface area contributed by atoms with E-state index in [1.807, 2.05) is 26.2 Å². The largest absolute Gasteiger partial charge is 0.444 e. The zero-order chi connectivity index (χ0) is 31.0. The van der Waals surface area contributed by atoms with Crippen LogP contribution in [0.15, 0.2) is 60.8 Å². The molecule has 1 atom stereocenters. The minimum atomic E-state index is -0.657. The molecule has 0 fully saturated rings. The van der Waals surface area contributed by atoms with Gasteiger partial charge in [0.1, 0.15) is 11.3 Å². The number of rotatable bonds is 10. The molecule has 1 unspecified atom stereocenters. The molecule has 43 heavy (non-hydrogen) atoms. The van der Waals surface area contributed by atoms with E-state index in [2.05, 4.69) is 43.3 Å². The minimum Gasteiger partial charge on any atom is -0.444 e. The molecule has 1 aliphatic rings. The van der Waals surface area contributed by atoms with Crippen molar-refractivity contribution in [1.29, 1.82) is 0 Å². The van der Waals surface area contributed by atoms with Crippen molar-refractivity contribution in [2.24, 2.45) is 0 Å². The van der Waals surface area contributed by atoms with Crippen LogP contribution in [0.1, 0.15) is 73.3 Å². The SMILES string of the molecule is CN(C)CCCC(NC(=O)Nc1ccc2c(c1)CCC2)c1ccc(C(=O)Nc2ccccc2NC(=O)OC(C)(C)C)nc1. The Kier molecular flexibility index (Phi) is 10.4. The number of amides is 4. The summed E-state index contributed by atoms with van der Waals surface area (Å²) in [5.41, 5.74) is 4.58. The number of benzene rings is 2. The van der Waals surface area contributed by atoms with Crippen LogP contribution >= 0.6 is 0 Å². The number of anilines is 3. The van der Waals surface area contributed by atoms with Crippen LogP contribution in [0.25, 0.3) is 0 Å². The van der Waals surface area contributed by atoms with Crippen molar-refractivity contribution in [3.05, 3.63) is 83.2 Å². The molecule has 0 saturated carbocycles. The molecule has 0 bridgehead atoms. The highest BCUT2D eigenvalue weighted by atomic mass is 16.6. The fraction of sp³-hybridized carbons (Fsp3) is 0.394. The Hall–Kier alpha value is -4.44. The molecule has 1 heterocycles. The van der Waals surface area contributed by atoms with Crippen LogP contribution in [-0.4, -0.2) is 54.2 Å². The summed E-state index contributed by atoms with van der Waals surface area (Å²) in [6, 6.07) is 15.8. The number of ether oxygens (including phenoxy) is 1. The molecule has 0 radical (unpaired) electrons. The van der Waals surface area contributed by atoms with Crippen LogP contribution in [0.2, 0.25) is 0 Å². The topological polar surface area (TPSA) is 125 Å². The van der Waals surface area contributed by atoms with E-state index in [0.717, 1.165) is 43.5 Å². The van der Waals surface area contributed by atoms with Gasteiger partial charge in [0.25, 0.3) is 5.91 Å². The highest BCUT2D eigenvalue weighted by Gasteiger charge is 2.20. The number of carbonyl (C=O) groups excluding carboxylic acids is 3. The van der Waals surface area contributed by atoms with Crippen molar-refractivity contribution in [3.63, 3.8) is 0 Å². The molecule has 1 aliphatic carbocycles. The Balaban J connectivity index is 1.42. The van der Waals surface area contributed by atoms with Gasteiger partial charge in [0, 0.05) is 11.9 Å². The van der Waals surface area contributed by atoms with Crippen molar-refractivity contribution in [1.82, 2.24) is 15.2 Å². The third-order valence-corrected chi connectivity index (χ3v) is 6.99. The number of pyridine rings is 1. The maximum atomic E-state index is 13.1. The second kappa shape index (κ2) is 14.2. The second-order valence-electron chi connectivity index (χ2n) is 12.0. The predicted molar refractivity (Wildman–Crippen MR) is 170 cm³/mol. The number of hydrogen-bond acceptors (Lipinski definition) is 6. The first kappa shape index (κ1) is 31.5. The van der Waals surface area contributed by atoms with Gasteiger partial charge >= 0.3 is 12.1 Å². The third kappa shape index (κ3) is 9.54. The Morgan fingerprint density at radius 3 is 2.33 bits per heavy atom. The molecule has 2 aromatic carbocycles. The van der Waals surface area contributed by atoms with Crippen LogP contribution in [0.4, 0.5) is 26.7 Å². The van der Waals surface area contributed by atoms with E-state index in [0.29, 0.717) is 17.8 Å². The maximum Gasteiger partial charge on any atom is 0.412 e. The van der Waals surface area contributed by atoms with Crippen LogP contribution < -0.4 is 21.3 Å². The number of nitrogens with zero attached hydrogens (tertiary/aromatic N) is 2. The smallest absolute Gasteiger partial charge is 0.412 e. The Labute approximate surface area is 253 Å². The summed E-state index contributed by atoms with van der Waals surface area (Å²) in [5.74, 6) is -0.434. The summed E-state index contributed by atoms with van der Waals surface area (Å²) >= 11 is 0. The highest BCUT2D eigenvalue weighted by Crippen LogP contribution is 2.26. The van der Waals surface area contributed by atoms with Gasteiger partial charge in [-0.2, -0.15) is 0 Å². The fourth-order valence-corrected chi connectivity index (χ4v) is 4.96. The lowest BCUT2D eigenvalue weighted by molar-refractivity contribution is 0.0635. The maximum absolute atomic E-state index is 13.1. The van der Waals surface area contributed by atoms with E-state index in [1.54, 1.807) is 57.3 Å². The van der Waals surface area contributed by atoms with Crippen molar-refractivity contribution in [2.45, 2.75) is 64.5 Å². The fourth-order valence-electron chi connectivity index (χ4n) is 4.96. The number of aryl methyl sites for hydroxylation is 2. The first-order valence-corrected chi connectivity index (χ1v) is 14.7. The number of carbonyl (C=O) groups is 3. The number of para-hydroxylation sites is 2. The van der Waals surface area contributed by atoms with Gasteiger partial charge < -0.3 is 25.6 Å². The number of hydrogen-bond donors (Lipinski definition) is 4. The van der Waals surface area contributed by atoms with E-state index in [-0.39, 0.29) is 17.8 Å². The van der Waals surface area contributed by atoms with Gasteiger partial charge in [-0.25, -0.2) is 9.59 Å². The average molecular weight is 587 g/mol. The van der Waals surface area contributed by atoms with E-state index >= 15 is 0 Å². The molecular formula is C33H42N6O4. The summed E-state index contributed by atoms with van der Waals surface area (Å²) in [6.45, 7) is 6.20. The van der Waals surface area contributed by atoms with Crippen molar-refractivity contribution >= 4 is 35.1 Å². The summed E-state index contributed by atoms with van der Waals surface area (Å²) in [6.07, 6.45) is 5.84. The van der Waals surface area contributed by atoms with E-state index in [9.17, 15) is 14.4 Å². The van der Waals surface area contributed by atoms with Crippen LogP contribution in [-0.2, 0) is 17.6 Å². The molecule has 3 aromatic rings. The number of urea groups is 1. The minimum absolute atomic E-state index is 0.199. The summed E-state index contributed by atoms with van der Waals surface area (Å²) < 4.78 is 5.33. The number of nitrogens with one attached hydrogen (secondary N) is 4. The quantitative estimate of drug-likeness (QED) is 0.219. The standard InChI is InChI=1S/C33H42N6O4/c1-33(2,3)43-32(42)38-28-13-7-6-12-27(28)36-30(40)29-18-16-24(21-34-29)26(14-9-19-39(4)5)37-31(41)35-25-17-15-22-10-8-11-23(22)20-25/h6-7,12-13,15-18,20-21,26H,8-11,14,19H2,1-5H3,(H,36,40)(H,38,42)(H2,35,37,41). The van der Waals surface area contributed by atoms with Crippen molar-refractivity contribution < 1.29 is 19.1 Å². The van der Waals surface area contributed by atoms with E-state index in [1.165, 1.54) is 11.1 Å². The molecule has 4 amide bonds. The van der Waals surface area contributed by atoms with Crippen LogP contribution in [0.3, 0.4) is 0 Å². The molecule has 0 saturated heterocycles. The zero-order valence-electron chi connectivity index (χ0n) is 25.6. The molecule has 10 nitrogen and oxygen atoms in total. The number of aromatic nitrogens is 1. The van der Waals surface area contributed by atoms with E-state index < -0.39 is 17.6 Å². The molecule has 228 valence electrons. The summed E-state index contributed by atoms with van der Waals surface area (Å²) in [5, 5.41) is 11.6. The van der Waals surface area contributed by atoms with Crippen LogP contribution in [0, 0.1) is 0 Å². The molecule has 4 N–H and O–H groups in total. The number of fused-ring (bicyclic) bond motifs is 1. The highest BCUT2D eigenvalue weighted by molar-refractivity contribution is 6.05. The zero-order valence-corrected chi connectivity index (χ0v) is 25.6. The van der Waals surface area contributed by atoms with Gasteiger partial charge in [-0.05, 0) is 121 Å². The Morgan fingerprint density at radius 2 is 1.65 bits per heavy atom. The molecule has 0 spiro atoms. The Bertz CT molecular complexity index is 1430. The summed E-state index contributed by atoms with van der Waals surface area (Å²) in [7, 11) is 4.03. The first-order valence-electron chi connectivity index (χ1n) is 14.7. The first-order chi connectivity index (χ1) is 20.5. The lowest BCUT2D eigenvalue weighted by atomic mass is 10.0. The van der Waals surface area contributed by atoms with Gasteiger partial charge in [-0.1, -0.05) is 24.3 Å². The Morgan fingerprint density at radius 1 is 0.930 bits per heavy atom. The predicted octanol–water partition coefficient (Wildman–Crippen LogP) is 6.37. The van der Waals surface area contributed by atoms with Gasteiger partial charge in [0.05, 0.1) is 17.4 Å². The molecule has 1 aromatic heterocycles. The normalized spacial score (nSPS) is 13.2. The monoisotopic (exact) mass is 586 g/mol. The van der Waals surface area contributed by atoms with Gasteiger partial charge in [0.2, 0.25) is 0 Å². The molecule has 0 aliphatic heterocycles. The molecule has 4 rings (SSSR count). The third-order valence-electron chi connectivity index (χ3n) is 6.99. The summed E-state index contributed by atoms with van der Waals surface area (Å²) in [4.78, 5) is 44.8.